The molecule has 0 aliphatic heterocycles. The van der Waals surface area contributed by atoms with Gasteiger partial charge >= 0.3 is 0 Å². The molecule has 1 aromatic heterocycles. The molecule has 1 heterocycles. The SMILES string of the molecule is Nc1ccccc1Cn1ccnc1-c1ccc([N+](=O)[O-])cc1. The van der Waals surface area contributed by atoms with Crippen molar-refractivity contribution in [3.8, 4) is 11.4 Å². The zero-order chi connectivity index (χ0) is 15.5. The first-order valence-corrected chi connectivity index (χ1v) is 6.74. The van der Waals surface area contributed by atoms with Crippen LogP contribution in [-0.4, -0.2) is 14.5 Å². The van der Waals surface area contributed by atoms with E-state index in [1.165, 1.54) is 12.1 Å². The van der Waals surface area contributed by atoms with Crippen LogP contribution in [0, 0.1) is 10.1 Å². The van der Waals surface area contributed by atoms with E-state index >= 15 is 0 Å². The van der Waals surface area contributed by atoms with E-state index < -0.39 is 4.92 Å². The van der Waals surface area contributed by atoms with Crippen molar-refractivity contribution in [2.24, 2.45) is 0 Å². The van der Waals surface area contributed by atoms with Crippen molar-refractivity contribution in [2.45, 2.75) is 6.54 Å². The number of imidazole rings is 1. The molecule has 3 aromatic rings. The van der Waals surface area contributed by atoms with E-state index in [4.69, 9.17) is 5.73 Å². The zero-order valence-electron chi connectivity index (χ0n) is 11.7. The van der Waals surface area contributed by atoms with Crippen molar-refractivity contribution < 1.29 is 4.92 Å². The number of para-hydroxylation sites is 1. The van der Waals surface area contributed by atoms with Gasteiger partial charge in [-0.25, -0.2) is 4.98 Å². The van der Waals surface area contributed by atoms with Gasteiger partial charge in [0.15, 0.2) is 0 Å². The minimum absolute atomic E-state index is 0.0640. The maximum atomic E-state index is 10.7. The molecule has 0 aliphatic carbocycles. The lowest BCUT2D eigenvalue weighted by atomic mass is 10.1. The van der Waals surface area contributed by atoms with E-state index in [0.717, 1.165) is 22.6 Å². The number of anilines is 1. The first-order chi connectivity index (χ1) is 10.6. The summed E-state index contributed by atoms with van der Waals surface area (Å²) in [6.45, 7) is 0.596. The topological polar surface area (TPSA) is 87.0 Å². The molecular weight excluding hydrogens is 280 g/mol. The number of hydrogen-bond acceptors (Lipinski definition) is 4. The second-order valence-corrected chi connectivity index (χ2v) is 4.88. The van der Waals surface area contributed by atoms with Crippen LogP contribution < -0.4 is 5.73 Å². The molecule has 0 saturated heterocycles. The number of hydrogen-bond donors (Lipinski definition) is 1. The molecule has 0 saturated carbocycles. The molecule has 0 atom stereocenters. The summed E-state index contributed by atoms with van der Waals surface area (Å²) in [7, 11) is 0. The lowest BCUT2D eigenvalue weighted by Crippen LogP contribution is -2.03. The summed E-state index contributed by atoms with van der Waals surface area (Å²) in [5.74, 6) is 0.748. The summed E-state index contributed by atoms with van der Waals surface area (Å²) in [6.07, 6.45) is 3.57. The largest absolute Gasteiger partial charge is 0.398 e. The minimum Gasteiger partial charge on any atom is -0.398 e. The molecule has 0 bridgehead atoms. The summed E-state index contributed by atoms with van der Waals surface area (Å²) < 4.78 is 1.97. The lowest BCUT2D eigenvalue weighted by molar-refractivity contribution is -0.384. The Morgan fingerprint density at radius 2 is 1.86 bits per heavy atom. The fraction of sp³-hybridized carbons (Fsp3) is 0.0625. The van der Waals surface area contributed by atoms with Crippen LogP contribution in [0.15, 0.2) is 60.9 Å². The van der Waals surface area contributed by atoms with Crippen molar-refractivity contribution in [3.63, 3.8) is 0 Å². The van der Waals surface area contributed by atoms with Gasteiger partial charge in [-0.2, -0.15) is 0 Å². The fourth-order valence-electron chi connectivity index (χ4n) is 2.29. The summed E-state index contributed by atoms with van der Waals surface area (Å²) >= 11 is 0. The molecule has 22 heavy (non-hydrogen) atoms. The van der Waals surface area contributed by atoms with Crippen molar-refractivity contribution in [1.82, 2.24) is 9.55 Å². The van der Waals surface area contributed by atoms with Gasteiger partial charge in [0.2, 0.25) is 0 Å². The Morgan fingerprint density at radius 3 is 2.55 bits per heavy atom. The smallest absolute Gasteiger partial charge is 0.269 e. The maximum Gasteiger partial charge on any atom is 0.269 e. The number of non-ortho nitro benzene ring substituents is 1. The monoisotopic (exact) mass is 294 g/mol. The molecule has 2 N–H and O–H groups in total. The number of nitrogens with zero attached hydrogens (tertiary/aromatic N) is 3. The molecule has 110 valence electrons. The van der Waals surface area contributed by atoms with Crippen molar-refractivity contribution in [3.05, 3.63) is 76.6 Å². The second-order valence-electron chi connectivity index (χ2n) is 4.88. The molecule has 0 amide bonds. The predicted molar refractivity (Wildman–Crippen MR) is 84.3 cm³/mol. The zero-order valence-corrected chi connectivity index (χ0v) is 11.7. The van der Waals surface area contributed by atoms with Gasteiger partial charge in [0.25, 0.3) is 5.69 Å². The number of nitrogen functional groups attached to an aromatic ring is 1. The van der Waals surface area contributed by atoms with Crippen LogP contribution in [0.25, 0.3) is 11.4 Å². The van der Waals surface area contributed by atoms with E-state index in [1.54, 1.807) is 18.3 Å². The number of benzene rings is 2. The summed E-state index contributed by atoms with van der Waals surface area (Å²) in [5, 5.41) is 10.7. The number of aromatic nitrogens is 2. The van der Waals surface area contributed by atoms with Crippen LogP contribution in [0.5, 0.6) is 0 Å². The highest BCUT2D eigenvalue weighted by molar-refractivity contribution is 5.58. The third-order valence-electron chi connectivity index (χ3n) is 3.45. The number of nitro benzene ring substituents is 1. The molecule has 6 heteroatoms. The summed E-state index contributed by atoms with van der Waals surface area (Å²) in [6, 6.07) is 14.0. The average molecular weight is 294 g/mol. The van der Waals surface area contributed by atoms with E-state index in [9.17, 15) is 10.1 Å². The summed E-state index contributed by atoms with van der Waals surface area (Å²) in [5.41, 5.74) is 8.59. The Labute approximate surface area is 127 Å². The number of nitro groups is 1. The Kier molecular flexibility index (Phi) is 3.57. The van der Waals surface area contributed by atoms with Gasteiger partial charge in [0.05, 0.1) is 11.5 Å². The number of rotatable bonds is 4. The first-order valence-electron chi connectivity index (χ1n) is 6.74. The molecule has 2 aromatic carbocycles. The lowest BCUT2D eigenvalue weighted by Gasteiger charge is -2.10. The Hall–Kier alpha value is -3.15. The first kappa shape index (κ1) is 13.8. The highest BCUT2D eigenvalue weighted by atomic mass is 16.6. The maximum absolute atomic E-state index is 10.7. The highest BCUT2D eigenvalue weighted by Crippen LogP contribution is 2.22. The van der Waals surface area contributed by atoms with Crippen molar-refractivity contribution >= 4 is 11.4 Å². The quantitative estimate of drug-likeness (QED) is 0.455. The third kappa shape index (κ3) is 2.67. The third-order valence-corrected chi connectivity index (χ3v) is 3.45. The van der Waals surface area contributed by atoms with Crippen molar-refractivity contribution in [2.75, 3.05) is 5.73 Å². The normalized spacial score (nSPS) is 10.5. The number of nitrogens with two attached hydrogens (primary N) is 1. The van der Waals surface area contributed by atoms with Crippen molar-refractivity contribution in [1.29, 1.82) is 0 Å². The van der Waals surface area contributed by atoms with E-state index in [1.807, 2.05) is 35.0 Å². The molecule has 6 nitrogen and oxygen atoms in total. The second kappa shape index (κ2) is 5.69. The molecule has 0 unspecified atom stereocenters. The Bertz CT molecular complexity index is 809. The Balaban J connectivity index is 1.92. The molecule has 0 fully saturated rings. The van der Waals surface area contributed by atoms with Gasteiger partial charge in [-0.15, -0.1) is 0 Å². The molecule has 0 aliphatic rings. The van der Waals surface area contributed by atoms with Gasteiger partial charge in [-0.3, -0.25) is 10.1 Å². The van der Waals surface area contributed by atoms with Gasteiger partial charge in [0.1, 0.15) is 5.82 Å². The van der Waals surface area contributed by atoms with Gasteiger partial charge in [0, 0.05) is 35.8 Å². The van der Waals surface area contributed by atoms with E-state index in [0.29, 0.717) is 6.54 Å². The minimum atomic E-state index is -0.416. The molecule has 0 spiro atoms. The summed E-state index contributed by atoms with van der Waals surface area (Å²) in [4.78, 5) is 14.6. The average Bonchev–Trinajstić information content (AvgIpc) is 2.98. The van der Waals surface area contributed by atoms with Crippen LogP contribution in [0.4, 0.5) is 11.4 Å². The van der Waals surface area contributed by atoms with Gasteiger partial charge in [-0.05, 0) is 23.8 Å². The molecule has 3 rings (SSSR count). The van der Waals surface area contributed by atoms with Crippen LogP contribution in [0.2, 0.25) is 0 Å². The molecule has 0 radical (unpaired) electrons. The Morgan fingerprint density at radius 1 is 1.14 bits per heavy atom. The fourth-order valence-corrected chi connectivity index (χ4v) is 2.29. The van der Waals surface area contributed by atoms with E-state index in [2.05, 4.69) is 4.98 Å². The van der Waals surface area contributed by atoms with E-state index in [-0.39, 0.29) is 5.69 Å². The van der Waals surface area contributed by atoms with Gasteiger partial charge in [-0.1, -0.05) is 18.2 Å². The predicted octanol–water partition coefficient (Wildman–Crippen LogP) is 3.09. The van der Waals surface area contributed by atoms with Crippen LogP contribution in [-0.2, 0) is 6.54 Å². The van der Waals surface area contributed by atoms with Crippen LogP contribution in [0.3, 0.4) is 0 Å². The highest BCUT2D eigenvalue weighted by Gasteiger charge is 2.10. The molecular formula is C16H14N4O2. The van der Waals surface area contributed by atoms with Crippen LogP contribution in [0.1, 0.15) is 5.56 Å². The van der Waals surface area contributed by atoms with Crippen LogP contribution >= 0.6 is 0 Å². The standard InChI is InChI=1S/C16H14N4O2/c17-15-4-2-1-3-13(15)11-19-10-9-18-16(19)12-5-7-14(8-6-12)20(21)22/h1-10H,11,17H2. The van der Waals surface area contributed by atoms with Gasteiger partial charge < -0.3 is 10.3 Å².